The molecule has 8 heteroatoms. The summed E-state index contributed by atoms with van der Waals surface area (Å²) in [4.78, 5) is 24.8. The molecule has 0 spiro atoms. The largest absolute Gasteiger partial charge is 0.497 e. The summed E-state index contributed by atoms with van der Waals surface area (Å²) in [7, 11) is 3.00. The van der Waals surface area contributed by atoms with Crippen molar-refractivity contribution in [1.29, 1.82) is 0 Å². The monoisotopic (exact) mass is 311 g/mol. The number of hydrogen-bond acceptors (Lipinski definition) is 6. The van der Waals surface area contributed by atoms with Crippen molar-refractivity contribution in [3.8, 4) is 11.5 Å². The first kappa shape index (κ1) is 17.6. The highest BCUT2D eigenvalue weighted by molar-refractivity contribution is 5.99. The standard InChI is InChI=1S/C14H21N3O5/c1-4-22-14(19)17(6-5-15)13(18)16-10-7-11(20-2)9-12(8-10)21-3/h7-9H,4-6,15H2,1-3H3,(H,16,18). The number of carbonyl (C=O) groups is 2. The first-order chi connectivity index (χ1) is 10.5. The van der Waals surface area contributed by atoms with Gasteiger partial charge < -0.3 is 25.3 Å². The summed E-state index contributed by atoms with van der Waals surface area (Å²) < 4.78 is 15.1. The number of carbonyl (C=O) groups excluding carboxylic acids is 2. The Balaban J connectivity index is 2.90. The van der Waals surface area contributed by atoms with E-state index in [0.717, 1.165) is 4.90 Å². The van der Waals surface area contributed by atoms with Gasteiger partial charge in [-0.15, -0.1) is 0 Å². The molecule has 8 nitrogen and oxygen atoms in total. The lowest BCUT2D eigenvalue weighted by Gasteiger charge is -2.20. The van der Waals surface area contributed by atoms with Gasteiger partial charge in [-0.05, 0) is 6.92 Å². The van der Waals surface area contributed by atoms with Crippen LogP contribution in [0.2, 0.25) is 0 Å². The number of amides is 3. The van der Waals surface area contributed by atoms with Crippen molar-refractivity contribution in [3.63, 3.8) is 0 Å². The van der Waals surface area contributed by atoms with Crippen molar-refractivity contribution in [2.75, 3.05) is 39.2 Å². The van der Waals surface area contributed by atoms with Gasteiger partial charge >= 0.3 is 12.1 Å². The third-order valence-electron chi connectivity index (χ3n) is 2.69. The van der Waals surface area contributed by atoms with Crippen LogP contribution in [0.25, 0.3) is 0 Å². The van der Waals surface area contributed by atoms with Crippen LogP contribution in [0.1, 0.15) is 6.92 Å². The molecule has 0 saturated heterocycles. The van der Waals surface area contributed by atoms with E-state index in [1.807, 2.05) is 0 Å². The van der Waals surface area contributed by atoms with E-state index < -0.39 is 12.1 Å². The van der Waals surface area contributed by atoms with Gasteiger partial charge in [-0.1, -0.05) is 0 Å². The Labute approximate surface area is 129 Å². The second kappa shape index (κ2) is 8.73. The molecule has 1 aromatic rings. The number of rotatable bonds is 6. The van der Waals surface area contributed by atoms with Crippen molar-refractivity contribution >= 4 is 17.8 Å². The lowest BCUT2D eigenvalue weighted by atomic mass is 10.3. The summed E-state index contributed by atoms with van der Waals surface area (Å²) >= 11 is 0. The van der Waals surface area contributed by atoms with Crippen LogP contribution in [0, 0.1) is 0 Å². The van der Waals surface area contributed by atoms with E-state index in [2.05, 4.69) is 5.32 Å². The first-order valence-electron chi connectivity index (χ1n) is 6.74. The fraction of sp³-hybridized carbons (Fsp3) is 0.429. The molecule has 0 aliphatic heterocycles. The number of hydrogen-bond donors (Lipinski definition) is 2. The average molecular weight is 311 g/mol. The number of ether oxygens (including phenoxy) is 3. The van der Waals surface area contributed by atoms with Gasteiger partial charge in [-0.25, -0.2) is 14.5 Å². The van der Waals surface area contributed by atoms with E-state index in [1.165, 1.54) is 14.2 Å². The Kier molecular flexibility index (Phi) is 6.97. The minimum Gasteiger partial charge on any atom is -0.497 e. The third kappa shape index (κ3) is 4.81. The van der Waals surface area contributed by atoms with Crippen LogP contribution in [0.15, 0.2) is 18.2 Å². The molecular weight excluding hydrogens is 290 g/mol. The van der Waals surface area contributed by atoms with Gasteiger partial charge in [-0.3, -0.25) is 0 Å². The molecule has 0 bridgehead atoms. The molecule has 0 heterocycles. The van der Waals surface area contributed by atoms with Crippen LogP contribution in [-0.2, 0) is 4.74 Å². The quantitative estimate of drug-likeness (QED) is 0.828. The first-order valence-corrected chi connectivity index (χ1v) is 6.74. The lowest BCUT2D eigenvalue weighted by molar-refractivity contribution is 0.118. The highest BCUT2D eigenvalue weighted by Crippen LogP contribution is 2.25. The fourth-order valence-electron chi connectivity index (χ4n) is 1.68. The Morgan fingerprint density at radius 1 is 1.18 bits per heavy atom. The topological polar surface area (TPSA) is 103 Å². The van der Waals surface area contributed by atoms with Crippen molar-refractivity contribution in [2.24, 2.45) is 5.73 Å². The average Bonchev–Trinajstić information content (AvgIpc) is 2.52. The zero-order chi connectivity index (χ0) is 16.5. The molecule has 3 amide bonds. The zero-order valence-electron chi connectivity index (χ0n) is 12.9. The Bertz CT molecular complexity index is 499. The van der Waals surface area contributed by atoms with Crippen molar-refractivity contribution in [3.05, 3.63) is 18.2 Å². The van der Waals surface area contributed by atoms with Gasteiger partial charge in [0, 0.05) is 37.0 Å². The number of nitrogens with zero attached hydrogens (tertiary/aromatic N) is 1. The van der Waals surface area contributed by atoms with E-state index in [-0.39, 0.29) is 19.7 Å². The summed E-state index contributed by atoms with van der Waals surface area (Å²) in [6.07, 6.45) is -0.750. The van der Waals surface area contributed by atoms with Crippen LogP contribution in [0.3, 0.4) is 0 Å². The van der Waals surface area contributed by atoms with Gasteiger partial charge in [0.05, 0.1) is 20.8 Å². The number of anilines is 1. The third-order valence-corrected chi connectivity index (χ3v) is 2.69. The highest BCUT2D eigenvalue weighted by atomic mass is 16.6. The number of imide groups is 1. The van der Waals surface area contributed by atoms with Crippen LogP contribution in [0.4, 0.5) is 15.3 Å². The molecule has 0 atom stereocenters. The Morgan fingerprint density at radius 3 is 2.23 bits per heavy atom. The highest BCUT2D eigenvalue weighted by Gasteiger charge is 2.22. The van der Waals surface area contributed by atoms with Gasteiger partial charge in [0.2, 0.25) is 0 Å². The molecule has 122 valence electrons. The van der Waals surface area contributed by atoms with Crippen molar-refractivity contribution < 1.29 is 23.8 Å². The second-order valence-electron chi connectivity index (χ2n) is 4.17. The molecule has 0 aromatic heterocycles. The maximum Gasteiger partial charge on any atom is 0.418 e. The molecule has 1 aromatic carbocycles. The van der Waals surface area contributed by atoms with Gasteiger partial charge in [0.1, 0.15) is 11.5 Å². The Morgan fingerprint density at radius 2 is 1.77 bits per heavy atom. The van der Waals surface area contributed by atoms with Crippen LogP contribution in [0.5, 0.6) is 11.5 Å². The maximum atomic E-state index is 12.2. The lowest BCUT2D eigenvalue weighted by Crippen LogP contribution is -2.43. The van der Waals surface area contributed by atoms with Gasteiger partial charge in [-0.2, -0.15) is 0 Å². The Hall–Kier alpha value is -2.48. The minimum atomic E-state index is -0.750. The summed E-state index contributed by atoms with van der Waals surface area (Å²) in [6.45, 7) is 2.00. The van der Waals surface area contributed by atoms with E-state index >= 15 is 0 Å². The van der Waals surface area contributed by atoms with Crippen LogP contribution < -0.4 is 20.5 Å². The molecule has 3 N–H and O–H groups in total. The maximum absolute atomic E-state index is 12.2. The summed E-state index contributed by atoms with van der Waals surface area (Å²) in [6, 6.07) is 4.23. The molecular formula is C14H21N3O5. The van der Waals surface area contributed by atoms with E-state index in [0.29, 0.717) is 17.2 Å². The molecule has 0 radical (unpaired) electrons. The minimum absolute atomic E-state index is 0.0474. The van der Waals surface area contributed by atoms with E-state index in [4.69, 9.17) is 19.9 Å². The molecule has 0 unspecified atom stereocenters. The zero-order valence-corrected chi connectivity index (χ0v) is 12.9. The van der Waals surface area contributed by atoms with E-state index in [1.54, 1.807) is 25.1 Å². The van der Waals surface area contributed by atoms with Crippen LogP contribution >= 0.6 is 0 Å². The smallest absolute Gasteiger partial charge is 0.418 e. The van der Waals surface area contributed by atoms with Gasteiger partial charge in [0.25, 0.3) is 0 Å². The van der Waals surface area contributed by atoms with E-state index in [9.17, 15) is 9.59 Å². The summed E-state index contributed by atoms with van der Waals surface area (Å²) in [5.74, 6) is 1.02. The number of urea groups is 1. The molecule has 1 rings (SSSR count). The normalized spacial score (nSPS) is 9.82. The number of nitrogens with two attached hydrogens (primary N) is 1. The second-order valence-corrected chi connectivity index (χ2v) is 4.17. The van der Waals surface area contributed by atoms with Crippen molar-refractivity contribution in [1.82, 2.24) is 4.90 Å². The SMILES string of the molecule is CCOC(=O)N(CCN)C(=O)Nc1cc(OC)cc(OC)c1. The summed E-state index contributed by atoms with van der Waals surface area (Å²) in [5.41, 5.74) is 5.84. The number of methoxy groups -OCH3 is 2. The van der Waals surface area contributed by atoms with Gasteiger partial charge in [0.15, 0.2) is 0 Å². The predicted molar refractivity (Wildman–Crippen MR) is 81.3 cm³/mol. The molecule has 0 fully saturated rings. The molecule has 0 aliphatic rings. The molecule has 0 aliphatic carbocycles. The number of nitrogens with one attached hydrogen (secondary N) is 1. The molecule has 0 saturated carbocycles. The fourth-order valence-corrected chi connectivity index (χ4v) is 1.68. The summed E-state index contributed by atoms with van der Waals surface area (Å²) in [5, 5.41) is 2.59. The predicted octanol–water partition coefficient (Wildman–Crippen LogP) is 1.65. The van der Waals surface area contributed by atoms with Crippen LogP contribution in [-0.4, -0.2) is 50.9 Å². The van der Waals surface area contributed by atoms with Crippen molar-refractivity contribution in [2.45, 2.75) is 6.92 Å². The number of benzene rings is 1. The molecule has 22 heavy (non-hydrogen) atoms.